The lowest BCUT2D eigenvalue weighted by Crippen LogP contribution is -2.26. The molecular weight excluding hydrogens is 344 g/mol. The van der Waals surface area contributed by atoms with Crippen molar-refractivity contribution in [3.63, 3.8) is 0 Å². The summed E-state index contributed by atoms with van der Waals surface area (Å²) >= 11 is 0. The van der Waals surface area contributed by atoms with E-state index in [1.54, 1.807) is 0 Å². The monoisotopic (exact) mass is 364 g/mol. The van der Waals surface area contributed by atoms with Crippen molar-refractivity contribution >= 4 is 22.9 Å². The Hall–Kier alpha value is -3.40. The molecule has 3 aromatic carbocycles. The minimum absolute atomic E-state index is 0.634. The third kappa shape index (κ3) is 3.54. The molecule has 1 heterocycles. The van der Waals surface area contributed by atoms with Gasteiger partial charge in [0.25, 0.3) is 0 Å². The maximum atomic E-state index is 4.30. The van der Waals surface area contributed by atoms with Gasteiger partial charge >= 0.3 is 0 Å². The molecule has 136 valence electrons. The van der Waals surface area contributed by atoms with Gasteiger partial charge in [0.15, 0.2) is 11.6 Å². The van der Waals surface area contributed by atoms with Crippen LogP contribution in [0.3, 0.4) is 0 Å². The summed E-state index contributed by atoms with van der Waals surface area (Å²) in [6, 6.07) is 21.3. The standard InChI is InChI=1S/C24H20N4/c1-3-7-21-13-17(9-11-19(21)5-1)15-23-25-27-24(28-26-23)16-18-10-12-20-6-2-4-8-22(20)14-18/h1,3,5-14H,2,4,15-16H2. The fourth-order valence-electron chi connectivity index (χ4n) is 3.70. The summed E-state index contributed by atoms with van der Waals surface area (Å²) < 4.78 is 0. The molecule has 0 saturated heterocycles. The van der Waals surface area contributed by atoms with Crippen LogP contribution >= 0.6 is 0 Å². The average molecular weight is 364 g/mol. The Balaban J connectivity index is 1.32. The van der Waals surface area contributed by atoms with E-state index >= 15 is 0 Å². The number of fused-ring (bicyclic) bond motifs is 2. The third-order valence-electron chi connectivity index (χ3n) is 5.15. The van der Waals surface area contributed by atoms with E-state index in [9.17, 15) is 0 Å². The molecule has 0 N–H and O–H groups in total. The van der Waals surface area contributed by atoms with Gasteiger partial charge in [-0.1, -0.05) is 72.8 Å². The van der Waals surface area contributed by atoms with E-state index in [-0.39, 0.29) is 0 Å². The molecule has 4 nitrogen and oxygen atoms in total. The Morgan fingerprint density at radius 1 is 0.571 bits per heavy atom. The highest BCUT2D eigenvalue weighted by Crippen LogP contribution is 2.16. The summed E-state index contributed by atoms with van der Waals surface area (Å²) in [7, 11) is 0. The predicted molar refractivity (Wildman–Crippen MR) is 111 cm³/mol. The first-order valence-corrected chi connectivity index (χ1v) is 9.66. The van der Waals surface area contributed by atoms with Crippen molar-refractivity contribution in [1.29, 1.82) is 0 Å². The molecule has 1 aliphatic rings. The zero-order chi connectivity index (χ0) is 18.8. The summed E-state index contributed by atoms with van der Waals surface area (Å²) in [4.78, 5) is 0. The smallest absolute Gasteiger partial charge is 0.131 e. The first kappa shape index (κ1) is 16.8. The van der Waals surface area contributed by atoms with Gasteiger partial charge in [-0.25, -0.2) is 0 Å². The van der Waals surface area contributed by atoms with Gasteiger partial charge in [-0.15, -0.1) is 20.4 Å². The summed E-state index contributed by atoms with van der Waals surface area (Å²) in [6.07, 6.45) is 8.11. The highest BCUT2D eigenvalue weighted by molar-refractivity contribution is 5.83. The summed E-state index contributed by atoms with van der Waals surface area (Å²) in [5.41, 5.74) is 2.35. The van der Waals surface area contributed by atoms with Crippen molar-refractivity contribution in [2.75, 3.05) is 0 Å². The van der Waals surface area contributed by atoms with Crippen molar-refractivity contribution in [3.8, 4) is 0 Å². The SMILES string of the molecule is C1=c2ccc(Cc3nnc(Cc4ccc5ccccc5c4)nn3)cc2=CCC1. The second-order valence-corrected chi connectivity index (χ2v) is 7.22. The Morgan fingerprint density at radius 3 is 1.93 bits per heavy atom. The highest BCUT2D eigenvalue weighted by atomic mass is 15.3. The number of aromatic nitrogens is 4. The van der Waals surface area contributed by atoms with Gasteiger partial charge < -0.3 is 0 Å². The number of benzene rings is 3. The van der Waals surface area contributed by atoms with Crippen molar-refractivity contribution in [2.45, 2.75) is 25.7 Å². The molecule has 0 atom stereocenters. The van der Waals surface area contributed by atoms with Crippen LogP contribution in [0, 0.1) is 0 Å². The second kappa shape index (κ2) is 7.31. The van der Waals surface area contributed by atoms with Gasteiger partial charge in [-0.3, -0.25) is 0 Å². The number of hydrogen-bond donors (Lipinski definition) is 0. The second-order valence-electron chi connectivity index (χ2n) is 7.22. The first-order valence-electron chi connectivity index (χ1n) is 9.66. The maximum absolute atomic E-state index is 4.30. The largest absolute Gasteiger partial charge is 0.177 e. The lowest BCUT2D eigenvalue weighted by Gasteiger charge is -2.05. The molecule has 0 amide bonds. The van der Waals surface area contributed by atoms with Gasteiger partial charge in [-0.2, -0.15) is 0 Å². The molecule has 0 unspecified atom stereocenters. The summed E-state index contributed by atoms with van der Waals surface area (Å²) in [6.45, 7) is 0. The maximum Gasteiger partial charge on any atom is 0.177 e. The van der Waals surface area contributed by atoms with Crippen LogP contribution in [0.15, 0.2) is 60.7 Å². The van der Waals surface area contributed by atoms with Crippen LogP contribution in [0.5, 0.6) is 0 Å². The third-order valence-corrected chi connectivity index (χ3v) is 5.15. The Labute approximate surface area is 163 Å². The van der Waals surface area contributed by atoms with Crippen LogP contribution in [0.4, 0.5) is 0 Å². The van der Waals surface area contributed by atoms with E-state index in [1.165, 1.54) is 26.8 Å². The van der Waals surface area contributed by atoms with E-state index in [0.717, 1.165) is 18.4 Å². The van der Waals surface area contributed by atoms with Crippen molar-refractivity contribution in [3.05, 3.63) is 93.9 Å². The molecule has 0 bridgehead atoms. The topological polar surface area (TPSA) is 51.6 Å². The zero-order valence-corrected chi connectivity index (χ0v) is 15.5. The number of rotatable bonds is 4. The van der Waals surface area contributed by atoms with E-state index in [2.05, 4.69) is 93.2 Å². The quantitative estimate of drug-likeness (QED) is 0.559. The Morgan fingerprint density at radius 2 is 1.18 bits per heavy atom. The molecule has 1 aliphatic carbocycles. The Kier molecular flexibility index (Phi) is 4.37. The van der Waals surface area contributed by atoms with Crippen LogP contribution in [-0.2, 0) is 12.8 Å². The molecule has 4 heteroatoms. The first-order chi connectivity index (χ1) is 13.8. The predicted octanol–water partition coefficient (Wildman–Crippen LogP) is 2.96. The van der Waals surface area contributed by atoms with Crippen molar-refractivity contribution in [1.82, 2.24) is 20.4 Å². The lowest BCUT2D eigenvalue weighted by atomic mass is 10.0. The summed E-state index contributed by atoms with van der Waals surface area (Å²) in [5.74, 6) is 1.30. The molecule has 0 saturated carbocycles. The van der Waals surface area contributed by atoms with E-state index in [0.29, 0.717) is 24.5 Å². The van der Waals surface area contributed by atoms with Crippen LogP contribution < -0.4 is 10.4 Å². The normalized spacial score (nSPS) is 12.9. The molecule has 0 fully saturated rings. The fourth-order valence-corrected chi connectivity index (χ4v) is 3.70. The van der Waals surface area contributed by atoms with Gasteiger partial charge in [-0.05, 0) is 45.2 Å². The van der Waals surface area contributed by atoms with E-state index in [4.69, 9.17) is 0 Å². The van der Waals surface area contributed by atoms with Gasteiger partial charge in [0.2, 0.25) is 0 Å². The average Bonchev–Trinajstić information content (AvgIpc) is 2.75. The van der Waals surface area contributed by atoms with Crippen molar-refractivity contribution < 1.29 is 0 Å². The molecule has 28 heavy (non-hydrogen) atoms. The van der Waals surface area contributed by atoms with Crippen molar-refractivity contribution in [2.24, 2.45) is 0 Å². The van der Waals surface area contributed by atoms with E-state index in [1.807, 2.05) is 0 Å². The van der Waals surface area contributed by atoms with E-state index < -0.39 is 0 Å². The minimum Gasteiger partial charge on any atom is -0.131 e. The van der Waals surface area contributed by atoms with Gasteiger partial charge in [0, 0.05) is 12.8 Å². The molecular formula is C24H20N4. The Bertz CT molecular complexity index is 1260. The van der Waals surface area contributed by atoms with Crippen LogP contribution in [0.2, 0.25) is 0 Å². The minimum atomic E-state index is 0.634. The molecule has 1 aromatic heterocycles. The van der Waals surface area contributed by atoms with Crippen LogP contribution in [0.1, 0.15) is 35.6 Å². The number of hydrogen-bond acceptors (Lipinski definition) is 4. The van der Waals surface area contributed by atoms with Gasteiger partial charge in [0.05, 0.1) is 0 Å². The molecule has 0 aliphatic heterocycles. The van der Waals surface area contributed by atoms with Crippen LogP contribution in [-0.4, -0.2) is 20.4 Å². The molecule has 4 aromatic rings. The molecule has 5 rings (SSSR count). The molecule has 0 radical (unpaired) electrons. The molecule has 0 spiro atoms. The summed E-state index contributed by atoms with van der Waals surface area (Å²) in [5, 5.41) is 22.3. The number of nitrogens with zero attached hydrogens (tertiary/aromatic N) is 4. The fraction of sp³-hybridized carbons (Fsp3) is 0.167. The van der Waals surface area contributed by atoms with Gasteiger partial charge in [0.1, 0.15) is 0 Å². The van der Waals surface area contributed by atoms with Crippen LogP contribution in [0.25, 0.3) is 22.9 Å². The highest BCUT2D eigenvalue weighted by Gasteiger charge is 2.06. The zero-order valence-electron chi connectivity index (χ0n) is 15.5. The lowest BCUT2D eigenvalue weighted by molar-refractivity contribution is 0.726.